The van der Waals surface area contributed by atoms with Crippen LogP contribution in [-0.2, 0) is 4.74 Å². The van der Waals surface area contributed by atoms with Crippen LogP contribution in [0.25, 0.3) is 0 Å². The molecule has 0 aliphatic carbocycles. The molecular formula is C13H18N4O4. The number of morpholine rings is 1. The van der Waals surface area contributed by atoms with Gasteiger partial charge in [-0.15, -0.1) is 0 Å². The number of anilines is 1. The number of carbonyl (C=O) groups excluding carboxylic acids is 1. The first-order valence-corrected chi connectivity index (χ1v) is 6.43. The molecule has 0 aromatic heterocycles. The number of rotatable bonds is 3. The van der Waals surface area contributed by atoms with E-state index < -0.39 is 6.10 Å². The normalized spacial score (nSPS) is 19.2. The van der Waals surface area contributed by atoms with Crippen LogP contribution in [0, 0.1) is 0 Å². The van der Waals surface area contributed by atoms with Crippen LogP contribution in [-0.4, -0.2) is 54.9 Å². The predicted molar refractivity (Wildman–Crippen MR) is 76.7 cm³/mol. The van der Waals surface area contributed by atoms with Crippen molar-refractivity contribution < 1.29 is 19.5 Å². The average molecular weight is 294 g/mol. The molecule has 0 spiro atoms. The smallest absolute Gasteiger partial charge is 0.322 e. The third-order valence-electron chi connectivity index (χ3n) is 3.12. The molecule has 2 rings (SSSR count). The maximum absolute atomic E-state index is 12.2. The van der Waals surface area contributed by atoms with Crippen LogP contribution >= 0.6 is 0 Å². The minimum Gasteiger partial charge on any atom is -0.497 e. The first-order chi connectivity index (χ1) is 10.1. The summed E-state index contributed by atoms with van der Waals surface area (Å²) in [5.74, 6) is 0.609. The van der Waals surface area contributed by atoms with Gasteiger partial charge in [0, 0.05) is 18.3 Å². The van der Waals surface area contributed by atoms with Gasteiger partial charge in [0.2, 0.25) is 0 Å². The van der Waals surface area contributed by atoms with Gasteiger partial charge in [0.15, 0.2) is 5.84 Å². The number of nitrogens with zero attached hydrogens (tertiary/aromatic N) is 2. The highest BCUT2D eigenvalue weighted by molar-refractivity contribution is 5.91. The number of carbonyl (C=O) groups is 1. The number of methoxy groups -OCH3 is 1. The van der Waals surface area contributed by atoms with E-state index in [1.54, 1.807) is 36.3 Å². The molecule has 1 unspecified atom stereocenters. The zero-order chi connectivity index (χ0) is 15.2. The van der Waals surface area contributed by atoms with Crippen LogP contribution < -0.4 is 15.8 Å². The van der Waals surface area contributed by atoms with Crippen LogP contribution in [0.5, 0.6) is 5.75 Å². The van der Waals surface area contributed by atoms with E-state index in [1.807, 2.05) is 0 Å². The van der Waals surface area contributed by atoms with E-state index in [2.05, 4.69) is 10.5 Å². The fourth-order valence-corrected chi connectivity index (χ4v) is 1.98. The van der Waals surface area contributed by atoms with Gasteiger partial charge in [-0.05, 0) is 12.1 Å². The summed E-state index contributed by atoms with van der Waals surface area (Å²) in [6, 6.07) is 6.79. The number of amides is 2. The lowest BCUT2D eigenvalue weighted by molar-refractivity contribution is 0.0223. The van der Waals surface area contributed by atoms with Gasteiger partial charge in [-0.25, -0.2) is 4.79 Å². The Hall–Kier alpha value is -2.48. The summed E-state index contributed by atoms with van der Waals surface area (Å²) in [7, 11) is 1.56. The van der Waals surface area contributed by atoms with Gasteiger partial charge in [0.25, 0.3) is 0 Å². The molecule has 1 aromatic carbocycles. The standard InChI is InChI=1S/C13H18N4O4/c1-20-10-4-2-3-9(7-10)15-13(18)17-5-6-21-11(8-17)12(14)16-19/h2-4,7,11,19H,5-6,8H2,1H3,(H2,14,16)(H,15,18). The van der Waals surface area contributed by atoms with E-state index in [0.29, 0.717) is 24.6 Å². The van der Waals surface area contributed by atoms with Crippen LogP contribution in [0.15, 0.2) is 29.4 Å². The first-order valence-electron chi connectivity index (χ1n) is 6.43. The predicted octanol–water partition coefficient (Wildman–Crippen LogP) is 0.674. The Morgan fingerprint density at radius 3 is 3.14 bits per heavy atom. The van der Waals surface area contributed by atoms with E-state index in [4.69, 9.17) is 20.4 Å². The maximum atomic E-state index is 12.2. The number of hydrogen-bond acceptors (Lipinski definition) is 5. The highest BCUT2D eigenvalue weighted by atomic mass is 16.5. The van der Waals surface area contributed by atoms with Crippen molar-refractivity contribution in [2.75, 3.05) is 32.1 Å². The number of nitrogens with one attached hydrogen (secondary N) is 1. The monoisotopic (exact) mass is 294 g/mol. The number of nitrogens with two attached hydrogens (primary N) is 1. The average Bonchev–Trinajstić information content (AvgIpc) is 2.54. The van der Waals surface area contributed by atoms with Crippen molar-refractivity contribution in [3.63, 3.8) is 0 Å². The molecule has 1 fully saturated rings. The highest BCUT2D eigenvalue weighted by Gasteiger charge is 2.27. The Balaban J connectivity index is 1.99. The van der Waals surface area contributed by atoms with Gasteiger partial charge in [-0.1, -0.05) is 11.2 Å². The summed E-state index contributed by atoms with van der Waals surface area (Å²) in [6.07, 6.45) is -0.597. The second-order valence-electron chi connectivity index (χ2n) is 4.49. The SMILES string of the molecule is COc1cccc(NC(=O)N2CCOC(C(N)=NO)C2)c1. The molecule has 1 atom stereocenters. The van der Waals surface area contributed by atoms with Crippen LogP contribution in [0.4, 0.5) is 10.5 Å². The summed E-state index contributed by atoms with van der Waals surface area (Å²) in [5, 5.41) is 14.3. The summed E-state index contributed by atoms with van der Waals surface area (Å²) >= 11 is 0. The van der Waals surface area contributed by atoms with Crippen molar-refractivity contribution in [3.05, 3.63) is 24.3 Å². The lowest BCUT2D eigenvalue weighted by atomic mass is 10.2. The minimum atomic E-state index is -0.597. The number of oxime groups is 1. The van der Waals surface area contributed by atoms with Gasteiger partial charge >= 0.3 is 6.03 Å². The summed E-state index contributed by atoms with van der Waals surface area (Å²) in [5.41, 5.74) is 6.13. The lowest BCUT2D eigenvalue weighted by Gasteiger charge is -2.32. The summed E-state index contributed by atoms with van der Waals surface area (Å²) in [6.45, 7) is 0.989. The lowest BCUT2D eigenvalue weighted by Crippen LogP contribution is -2.51. The molecule has 0 radical (unpaired) electrons. The maximum Gasteiger partial charge on any atom is 0.322 e. The Morgan fingerprint density at radius 1 is 1.62 bits per heavy atom. The fourth-order valence-electron chi connectivity index (χ4n) is 1.98. The quantitative estimate of drug-likeness (QED) is 0.328. The van der Waals surface area contributed by atoms with E-state index in [9.17, 15) is 4.79 Å². The van der Waals surface area contributed by atoms with E-state index in [1.165, 1.54) is 0 Å². The number of hydrogen-bond donors (Lipinski definition) is 3. The van der Waals surface area contributed by atoms with Crippen molar-refractivity contribution in [1.29, 1.82) is 0 Å². The molecule has 1 saturated heterocycles. The number of ether oxygens (including phenoxy) is 2. The Labute approximate surface area is 122 Å². The summed E-state index contributed by atoms with van der Waals surface area (Å²) < 4.78 is 10.4. The topological polar surface area (TPSA) is 109 Å². The van der Waals surface area contributed by atoms with Gasteiger partial charge in [0.1, 0.15) is 11.9 Å². The van der Waals surface area contributed by atoms with Crippen molar-refractivity contribution >= 4 is 17.6 Å². The highest BCUT2D eigenvalue weighted by Crippen LogP contribution is 2.17. The molecule has 8 nitrogen and oxygen atoms in total. The Morgan fingerprint density at radius 2 is 2.43 bits per heavy atom. The molecule has 1 heterocycles. The Bertz CT molecular complexity index is 535. The molecule has 0 bridgehead atoms. The molecule has 2 amide bonds. The third kappa shape index (κ3) is 3.76. The second kappa shape index (κ2) is 6.80. The molecule has 1 aliphatic rings. The molecule has 21 heavy (non-hydrogen) atoms. The van der Waals surface area contributed by atoms with Crippen molar-refractivity contribution in [2.24, 2.45) is 10.9 Å². The van der Waals surface area contributed by atoms with Crippen LogP contribution in [0.2, 0.25) is 0 Å². The Kier molecular flexibility index (Phi) is 4.83. The van der Waals surface area contributed by atoms with Crippen molar-refractivity contribution in [3.8, 4) is 5.75 Å². The van der Waals surface area contributed by atoms with Crippen molar-refractivity contribution in [2.45, 2.75) is 6.10 Å². The number of amidine groups is 1. The minimum absolute atomic E-state index is 0.0473. The summed E-state index contributed by atoms with van der Waals surface area (Å²) in [4.78, 5) is 13.7. The van der Waals surface area contributed by atoms with E-state index >= 15 is 0 Å². The van der Waals surface area contributed by atoms with E-state index in [-0.39, 0.29) is 18.4 Å². The fraction of sp³-hybridized carbons (Fsp3) is 0.385. The molecule has 114 valence electrons. The van der Waals surface area contributed by atoms with Gasteiger partial charge < -0.3 is 30.6 Å². The van der Waals surface area contributed by atoms with Crippen molar-refractivity contribution in [1.82, 2.24) is 4.90 Å². The number of benzene rings is 1. The number of urea groups is 1. The molecule has 1 aliphatic heterocycles. The first kappa shape index (κ1) is 14.9. The molecular weight excluding hydrogens is 276 g/mol. The van der Waals surface area contributed by atoms with Crippen LogP contribution in [0.1, 0.15) is 0 Å². The second-order valence-corrected chi connectivity index (χ2v) is 4.49. The molecule has 1 aromatic rings. The zero-order valence-electron chi connectivity index (χ0n) is 11.7. The van der Waals surface area contributed by atoms with Crippen LogP contribution in [0.3, 0.4) is 0 Å². The van der Waals surface area contributed by atoms with E-state index in [0.717, 1.165) is 0 Å². The largest absolute Gasteiger partial charge is 0.497 e. The van der Waals surface area contributed by atoms with Gasteiger partial charge in [-0.3, -0.25) is 0 Å². The molecule has 0 saturated carbocycles. The van der Waals surface area contributed by atoms with Gasteiger partial charge in [0.05, 0.1) is 20.3 Å². The van der Waals surface area contributed by atoms with Gasteiger partial charge in [-0.2, -0.15) is 0 Å². The molecule has 4 N–H and O–H groups in total. The molecule has 8 heteroatoms. The third-order valence-corrected chi connectivity index (χ3v) is 3.12. The zero-order valence-corrected chi connectivity index (χ0v) is 11.7.